The first-order valence-electron chi connectivity index (χ1n) is 19.8. The van der Waals surface area contributed by atoms with Crippen molar-refractivity contribution < 1.29 is 0 Å². The lowest BCUT2D eigenvalue weighted by Gasteiger charge is -2.13. The lowest BCUT2D eigenvalue weighted by atomic mass is 9.96. The van der Waals surface area contributed by atoms with Gasteiger partial charge in [-0.05, 0) is 102 Å². The van der Waals surface area contributed by atoms with Gasteiger partial charge in [0.05, 0.1) is 11.2 Å². The third-order valence-electron chi connectivity index (χ3n) is 11.4. The predicted octanol–water partition coefficient (Wildman–Crippen LogP) is 15.1. The molecule has 0 unspecified atom stereocenters. The zero-order valence-electron chi connectivity index (χ0n) is 31.7. The maximum absolute atomic E-state index is 5.30. The van der Waals surface area contributed by atoms with Gasteiger partial charge in [0.15, 0.2) is 5.82 Å². The van der Waals surface area contributed by atoms with Gasteiger partial charge in [-0.25, -0.2) is 9.97 Å². The fourth-order valence-electron chi connectivity index (χ4n) is 8.34. The lowest BCUT2D eigenvalue weighted by Crippen LogP contribution is -1.96. The molecule has 0 fully saturated rings. The standard InChI is InChI=1S/C56H36N2/c1-3-12-44-35-50(29-23-37(44)9-1)48-16-7-14-46(33-48)39-19-25-42(26-20-39)54-53-32-31-41-11-5-6-18-52(41)55(53)58-56(57-54)43-27-21-40(22-28-43)47-15-8-17-49(34-47)51-30-24-38-10-2-4-13-45(38)36-51/h1-36H. The van der Waals surface area contributed by atoms with E-state index in [1.807, 2.05) is 0 Å². The third-order valence-corrected chi connectivity index (χ3v) is 11.4. The highest BCUT2D eigenvalue weighted by atomic mass is 14.9. The zero-order valence-corrected chi connectivity index (χ0v) is 31.7. The van der Waals surface area contributed by atoms with Crippen LogP contribution >= 0.6 is 0 Å². The fourth-order valence-corrected chi connectivity index (χ4v) is 8.34. The van der Waals surface area contributed by atoms with Gasteiger partial charge in [0, 0.05) is 21.9 Å². The normalized spacial score (nSPS) is 11.4. The van der Waals surface area contributed by atoms with Crippen molar-refractivity contribution in [2.24, 2.45) is 0 Å². The summed E-state index contributed by atoms with van der Waals surface area (Å²) in [7, 11) is 0. The monoisotopic (exact) mass is 736 g/mol. The summed E-state index contributed by atoms with van der Waals surface area (Å²) in [6.45, 7) is 0. The second-order valence-corrected chi connectivity index (χ2v) is 15.0. The Kier molecular flexibility index (Phi) is 8.19. The maximum atomic E-state index is 5.30. The largest absolute Gasteiger partial charge is 0.227 e. The summed E-state index contributed by atoms with van der Waals surface area (Å²) in [5.41, 5.74) is 13.4. The Labute approximate surface area is 337 Å². The SMILES string of the molecule is c1cc(-c2ccc(-c3nc(-c4ccc(-c5cccc(-c6ccc7ccccc7c6)c5)cc4)c4ccc5ccccc5c4n3)cc2)cc(-c2ccc3ccccc3c2)c1. The van der Waals surface area contributed by atoms with Crippen LogP contribution in [-0.4, -0.2) is 9.97 Å². The van der Waals surface area contributed by atoms with E-state index in [2.05, 4.69) is 218 Å². The minimum atomic E-state index is 0.711. The van der Waals surface area contributed by atoms with E-state index in [1.54, 1.807) is 0 Å². The Balaban J connectivity index is 0.947. The second kappa shape index (κ2) is 14.1. The van der Waals surface area contributed by atoms with E-state index in [9.17, 15) is 0 Å². The Morgan fingerprint density at radius 2 is 0.638 bits per heavy atom. The quantitative estimate of drug-likeness (QED) is 0.159. The van der Waals surface area contributed by atoms with Crippen LogP contribution in [0.3, 0.4) is 0 Å². The molecule has 2 nitrogen and oxygen atoms in total. The molecule has 0 amide bonds. The molecule has 0 aliphatic carbocycles. The number of aromatic nitrogens is 2. The number of benzene rings is 10. The van der Waals surface area contributed by atoms with Crippen LogP contribution in [-0.2, 0) is 0 Å². The Hall–Kier alpha value is -7.68. The van der Waals surface area contributed by atoms with Gasteiger partial charge in [0.2, 0.25) is 0 Å². The topological polar surface area (TPSA) is 25.8 Å². The van der Waals surface area contributed by atoms with Crippen molar-refractivity contribution in [1.29, 1.82) is 0 Å². The average Bonchev–Trinajstić information content (AvgIpc) is 3.31. The van der Waals surface area contributed by atoms with Crippen LogP contribution in [0.4, 0.5) is 0 Å². The third kappa shape index (κ3) is 6.18. The summed E-state index contributed by atoms with van der Waals surface area (Å²) in [5.74, 6) is 0.711. The molecule has 1 aromatic heterocycles. The predicted molar refractivity (Wildman–Crippen MR) is 245 cm³/mol. The highest BCUT2D eigenvalue weighted by Gasteiger charge is 2.15. The van der Waals surface area contributed by atoms with Gasteiger partial charge in [0.25, 0.3) is 0 Å². The molecule has 0 radical (unpaired) electrons. The Morgan fingerprint density at radius 3 is 1.21 bits per heavy atom. The first kappa shape index (κ1) is 33.6. The summed E-state index contributed by atoms with van der Waals surface area (Å²) in [6, 6.07) is 78.3. The molecule has 1 heterocycles. The van der Waals surface area contributed by atoms with E-state index >= 15 is 0 Å². The molecule has 0 spiro atoms. The van der Waals surface area contributed by atoms with Crippen molar-refractivity contribution in [3.63, 3.8) is 0 Å². The first-order chi connectivity index (χ1) is 28.7. The zero-order chi connectivity index (χ0) is 38.4. The highest BCUT2D eigenvalue weighted by Crippen LogP contribution is 2.36. The van der Waals surface area contributed by atoms with E-state index < -0.39 is 0 Å². The van der Waals surface area contributed by atoms with Crippen LogP contribution in [0.1, 0.15) is 0 Å². The Bertz CT molecular complexity index is 3330. The molecule has 11 rings (SSSR count). The van der Waals surface area contributed by atoms with Crippen molar-refractivity contribution >= 4 is 43.2 Å². The van der Waals surface area contributed by atoms with E-state index in [0.717, 1.165) is 49.6 Å². The van der Waals surface area contributed by atoms with Gasteiger partial charge in [-0.15, -0.1) is 0 Å². The molecule has 0 bridgehead atoms. The van der Waals surface area contributed by atoms with Crippen LogP contribution in [0, 0.1) is 0 Å². The van der Waals surface area contributed by atoms with E-state index in [0.29, 0.717) is 5.82 Å². The van der Waals surface area contributed by atoms with Crippen molar-refractivity contribution in [3.05, 3.63) is 218 Å². The second-order valence-electron chi connectivity index (χ2n) is 15.0. The summed E-state index contributed by atoms with van der Waals surface area (Å²) in [6.07, 6.45) is 0. The molecule has 0 N–H and O–H groups in total. The molecule has 0 aliphatic heterocycles. The molecule has 58 heavy (non-hydrogen) atoms. The molecule has 2 heteroatoms. The van der Waals surface area contributed by atoms with Crippen molar-refractivity contribution in [2.75, 3.05) is 0 Å². The smallest absolute Gasteiger partial charge is 0.160 e. The van der Waals surface area contributed by atoms with Crippen LogP contribution < -0.4 is 0 Å². The van der Waals surface area contributed by atoms with Gasteiger partial charge in [-0.1, -0.05) is 188 Å². The lowest BCUT2D eigenvalue weighted by molar-refractivity contribution is 1.23. The summed E-state index contributed by atoms with van der Waals surface area (Å²) < 4.78 is 0. The number of fused-ring (bicyclic) bond motifs is 5. The first-order valence-corrected chi connectivity index (χ1v) is 19.8. The minimum Gasteiger partial charge on any atom is -0.227 e. The molecule has 270 valence electrons. The van der Waals surface area contributed by atoms with Crippen LogP contribution in [0.15, 0.2) is 218 Å². The van der Waals surface area contributed by atoms with Gasteiger partial charge in [-0.2, -0.15) is 0 Å². The molecule has 0 aliphatic rings. The molecule has 11 aromatic rings. The fraction of sp³-hybridized carbons (Fsp3) is 0. The van der Waals surface area contributed by atoms with E-state index in [1.165, 1.54) is 54.9 Å². The van der Waals surface area contributed by atoms with Gasteiger partial charge >= 0.3 is 0 Å². The van der Waals surface area contributed by atoms with Crippen LogP contribution in [0.5, 0.6) is 0 Å². The van der Waals surface area contributed by atoms with Crippen molar-refractivity contribution in [3.8, 4) is 67.2 Å². The maximum Gasteiger partial charge on any atom is 0.160 e. The number of hydrogen-bond donors (Lipinski definition) is 0. The number of hydrogen-bond acceptors (Lipinski definition) is 2. The molecule has 0 atom stereocenters. The molecule has 10 aromatic carbocycles. The van der Waals surface area contributed by atoms with Gasteiger partial charge < -0.3 is 0 Å². The van der Waals surface area contributed by atoms with E-state index in [4.69, 9.17) is 9.97 Å². The van der Waals surface area contributed by atoms with Crippen LogP contribution in [0.25, 0.3) is 110 Å². The molecular weight excluding hydrogens is 701 g/mol. The van der Waals surface area contributed by atoms with Gasteiger partial charge in [-0.3, -0.25) is 0 Å². The number of rotatable bonds is 6. The Morgan fingerprint density at radius 1 is 0.224 bits per heavy atom. The minimum absolute atomic E-state index is 0.711. The summed E-state index contributed by atoms with van der Waals surface area (Å²) in [4.78, 5) is 10.6. The van der Waals surface area contributed by atoms with E-state index in [-0.39, 0.29) is 0 Å². The molecule has 0 saturated carbocycles. The van der Waals surface area contributed by atoms with Crippen molar-refractivity contribution in [2.45, 2.75) is 0 Å². The molecule has 0 saturated heterocycles. The highest BCUT2D eigenvalue weighted by molar-refractivity contribution is 6.09. The van der Waals surface area contributed by atoms with Crippen molar-refractivity contribution in [1.82, 2.24) is 9.97 Å². The van der Waals surface area contributed by atoms with Gasteiger partial charge in [0.1, 0.15) is 0 Å². The van der Waals surface area contributed by atoms with Crippen LogP contribution in [0.2, 0.25) is 0 Å². The summed E-state index contributed by atoms with van der Waals surface area (Å²) >= 11 is 0. The average molecular weight is 737 g/mol. The summed E-state index contributed by atoms with van der Waals surface area (Å²) in [5, 5.41) is 8.32. The molecular formula is C56H36N2. The number of nitrogens with zero attached hydrogens (tertiary/aromatic N) is 2.